The summed E-state index contributed by atoms with van der Waals surface area (Å²) < 4.78 is 2.68. The lowest BCUT2D eigenvalue weighted by Crippen LogP contribution is -2.31. The highest BCUT2D eigenvalue weighted by Crippen LogP contribution is 2.31. The van der Waals surface area contributed by atoms with Crippen LogP contribution in [-0.2, 0) is 6.54 Å². The van der Waals surface area contributed by atoms with Crippen LogP contribution in [0.25, 0.3) is 0 Å². The fraction of sp³-hybridized carbons (Fsp3) is 0.308. The Bertz CT molecular complexity index is 600. The lowest BCUT2D eigenvalue weighted by atomic mass is 10.0. The standard InChI is InChI=1S/C13H15BrCl2N4/c1-2-5-20-13(11(16)7-18-20)12(19-17)8-3-4-10(15)9(14)6-8/h3-4,6-7,12,19H,2,5,17H2,1H3. The molecule has 20 heavy (non-hydrogen) atoms. The normalized spacial score (nSPS) is 12.7. The molecule has 1 aromatic carbocycles. The molecule has 1 atom stereocenters. The van der Waals surface area contributed by atoms with E-state index in [1.165, 1.54) is 0 Å². The van der Waals surface area contributed by atoms with E-state index in [1.807, 2.05) is 22.9 Å². The van der Waals surface area contributed by atoms with E-state index in [0.717, 1.165) is 28.7 Å². The molecule has 0 aliphatic carbocycles. The van der Waals surface area contributed by atoms with Gasteiger partial charge in [-0.3, -0.25) is 10.5 Å². The van der Waals surface area contributed by atoms with E-state index >= 15 is 0 Å². The van der Waals surface area contributed by atoms with Crippen LogP contribution in [0.5, 0.6) is 0 Å². The van der Waals surface area contributed by atoms with Crippen molar-refractivity contribution in [1.82, 2.24) is 15.2 Å². The molecule has 7 heteroatoms. The van der Waals surface area contributed by atoms with Gasteiger partial charge >= 0.3 is 0 Å². The maximum atomic E-state index is 6.26. The van der Waals surface area contributed by atoms with Crippen molar-refractivity contribution in [2.24, 2.45) is 5.84 Å². The Morgan fingerprint density at radius 1 is 1.40 bits per heavy atom. The number of halogens is 3. The first-order valence-electron chi connectivity index (χ1n) is 6.20. The van der Waals surface area contributed by atoms with E-state index in [-0.39, 0.29) is 6.04 Å². The van der Waals surface area contributed by atoms with E-state index in [4.69, 9.17) is 29.0 Å². The first-order chi connectivity index (χ1) is 9.58. The summed E-state index contributed by atoms with van der Waals surface area (Å²) >= 11 is 15.7. The number of nitrogens with one attached hydrogen (secondary N) is 1. The maximum Gasteiger partial charge on any atom is 0.0893 e. The monoisotopic (exact) mass is 376 g/mol. The van der Waals surface area contributed by atoms with Crippen LogP contribution in [0, 0.1) is 0 Å². The van der Waals surface area contributed by atoms with E-state index in [9.17, 15) is 0 Å². The van der Waals surface area contributed by atoms with Crippen LogP contribution in [0.4, 0.5) is 0 Å². The second-order valence-electron chi connectivity index (χ2n) is 4.37. The van der Waals surface area contributed by atoms with Gasteiger partial charge in [-0.2, -0.15) is 5.10 Å². The third-order valence-electron chi connectivity index (χ3n) is 2.99. The van der Waals surface area contributed by atoms with Gasteiger partial charge in [-0.25, -0.2) is 5.43 Å². The van der Waals surface area contributed by atoms with Crippen molar-refractivity contribution in [3.63, 3.8) is 0 Å². The number of aryl methyl sites for hydroxylation is 1. The number of hydrazine groups is 1. The highest BCUT2D eigenvalue weighted by molar-refractivity contribution is 9.10. The summed E-state index contributed by atoms with van der Waals surface area (Å²) in [6.45, 7) is 2.87. The van der Waals surface area contributed by atoms with Crippen LogP contribution in [0.15, 0.2) is 28.9 Å². The predicted octanol–water partition coefficient (Wildman–Crippen LogP) is 3.92. The molecule has 0 saturated carbocycles. The lowest BCUT2D eigenvalue weighted by molar-refractivity contribution is 0.521. The van der Waals surface area contributed by atoms with Crippen molar-refractivity contribution >= 4 is 39.1 Å². The average Bonchev–Trinajstić information content (AvgIpc) is 2.77. The minimum atomic E-state index is -0.245. The molecule has 0 amide bonds. The molecule has 2 aromatic rings. The molecule has 0 aliphatic rings. The van der Waals surface area contributed by atoms with Crippen LogP contribution in [0.3, 0.4) is 0 Å². The summed E-state index contributed by atoms with van der Waals surface area (Å²) in [5, 5.41) is 5.53. The Labute approximate surface area is 136 Å². The average molecular weight is 378 g/mol. The highest BCUT2D eigenvalue weighted by Gasteiger charge is 2.21. The summed E-state index contributed by atoms with van der Waals surface area (Å²) in [7, 11) is 0. The van der Waals surface area contributed by atoms with E-state index < -0.39 is 0 Å². The first kappa shape index (κ1) is 15.8. The van der Waals surface area contributed by atoms with Crippen molar-refractivity contribution < 1.29 is 0 Å². The minimum absolute atomic E-state index is 0.245. The van der Waals surface area contributed by atoms with Crippen LogP contribution in [0.2, 0.25) is 10.0 Å². The topological polar surface area (TPSA) is 55.9 Å². The van der Waals surface area contributed by atoms with Crippen molar-refractivity contribution in [3.05, 3.63) is 50.2 Å². The second kappa shape index (κ2) is 6.91. The molecule has 1 aromatic heterocycles. The summed E-state index contributed by atoms with van der Waals surface area (Å²) in [6.07, 6.45) is 2.61. The van der Waals surface area contributed by atoms with Gasteiger partial charge in [-0.1, -0.05) is 36.2 Å². The first-order valence-corrected chi connectivity index (χ1v) is 7.75. The molecule has 0 radical (unpaired) electrons. The molecule has 2 rings (SSSR count). The number of hydrogen-bond donors (Lipinski definition) is 2. The Hall–Kier alpha value is -0.590. The van der Waals surface area contributed by atoms with Crippen molar-refractivity contribution in [2.75, 3.05) is 0 Å². The fourth-order valence-corrected chi connectivity index (χ4v) is 2.84. The SMILES string of the molecule is CCCn1ncc(Cl)c1C(NN)c1ccc(Cl)c(Br)c1. The van der Waals surface area contributed by atoms with Gasteiger partial charge < -0.3 is 0 Å². The maximum absolute atomic E-state index is 6.26. The third kappa shape index (κ3) is 3.18. The Kier molecular flexibility index (Phi) is 5.46. The molecule has 3 N–H and O–H groups in total. The van der Waals surface area contributed by atoms with E-state index in [0.29, 0.717) is 10.0 Å². The molecule has 0 fully saturated rings. The van der Waals surface area contributed by atoms with Crippen molar-refractivity contribution in [2.45, 2.75) is 25.9 Å². The van der Waals surface area contributed by atoms with Crippen molar-refractivity contribution in [1.29, 1.82) is 0 Å². The van der Waals surface area contributed by atoms with E-state index in [1.54, 1.807) is 6.20 Å². The Morgan fingerprint density at radius 2 is 2.15 bits per heavy atom. The molecule has 0 aliphatic heterocycles. The van der Waals surface area contributed by atoms with Gasteiger partial charge in [0.2, 0.25) is 0 Å². The number of rotatable bonds is 5. The lowest BCUT2D eigenvalue weighted by Gasteiger charge is -2.19. The molecule has 0 spiro atoms. The molecule has 4 nitrogen and oxygen atoms in total. The molecule has 108 valence electrons. The summed E-state index contributed by atoms with van der Waals surface area (Å²) in [5.74, 6) is 5.72. The Morgan fingerprint density at radius 3 is 2.75 bits per heavy atom. The Balaban J connectivity index is 2.46. The number of nitrogens with two attached hydrogens (primary N) is 1. The van der Waals surface area contributed by atoms with Gasteiger partial charge in [-0.15, -0.1) is 0 Å². The van der Waals surface area contributed by atoms with Crippen LogP contribution >= 0.6 is 39.1 Å². The van der Waals surface area contributed by atoms with Crippen LogP contribution in [0.1, 0.15) is 30.6 Å². The zero-order valence-electron chi connectivity index (χ0n) is 10.9. The smallest absolute Gasteiger partial charge is 0.0893 e. The van der Waals surface area contributed by atoms with Gasteiger partial charge in [0.1, 0.15) is 0 Å². The largest absolute Gasteiger partial charge is 0.271 e. The summed E-state index contributed by atoms with van der Waals surface area (Å²) in [4.78, 5) is 0. The van der Waals surface area contributed by atoms with Crippen molar-refractivity contribution in [3.8, 4) is 0 Å². The van der Waals surface area contributed by atoms with Gasteiger partial charge in [0, 0.05) is 11.0 Å². The summed E-state index contributed by atoms with van der Waals surface area (Å²) in [5.41, 5.74) is 4.61. The molecular weight excluding hydrogens is 363 g/mol. The molecular formula is C13H15BrCl2N4. The number of benzene rings is 1. The number of nitrogens with zero attached hydrogens (tertiary/aromatic N) is 2. The zero-order valence-corrected chi connectivity index (χ0v) is 14.0. The minimum Gasteiger partial charge on any atom is -0.271 e. The molecule has 0 bridgehead atoms. The number of hydrogen-bond acceptors (Lipinski definition) is 3. The number of aromatic nitrogens is 2. The third-order valence-corrected chi connectivity index (χ3v) is 4.49. The van der Waals surface area contributed by atoms with Crippen LogP contribution < -0.4 is 11.3 Å². The highest BCUT2D eigenvalue weighted by atomic mass is 79.9. The fourth-order valence-electron chi connectivity index (χ4n) is 2.07. The summed E-state index contributed by atoms with van der Waals surface area (Å²) in [6, 6.07) is 5.41. The van der Waals surface area contributed by atoms with E-state index in [2.05, 4.69) is 33.4 Å². The van der Waals surface area contributed by atoms with Gasteiger partial charge in [0.05, 0.1) is 28.0 Å². The molecule has 0 saturated heterocycles. The quantitative estimate of drug-likeness (QED) is 0.613. The van der Waals surface area contributed by atoms with Crippen LogP contribution in [-0.4, -0.2) is 9.78 Å². The van der Waals surface area contributed by atoms with Gasteiger partial charge in [-0.05, 0) is 40.0 Å². The zero-order chi connectivity index (χ0) is 14.7. The second-order valence-corrected chi connectivity index (χ2v) is 6.04. The predicted molar refractivity (Wildman–Crippen MR) is 85.8 cm³/mol. The molecule has 1 heterocycles. The van der Waals surface area contributed by atoms with Gasteiger partial charge in [0.15, 0.2) is 0 Å². The molecule has 1 unspecified atom stereocenters. The van der Waals surface area contributed by atoms with Gasteiger partial charge in [0.25, 0.3) is 0 Å².